The summed E-state index contributed by atoms with van der Waals surface area (Å²) >= 11 is 1.39. The molecule has 3 rings (SSSR count). The van der Waals surface area contributed by atoms with E-state index in [4.69, 9.17) is 9.47 Å². The van der Waals surface area contributed by atoms with Crippen LogP contribution in [0.25, 0.3) is 0 Å². The van der Waals surface area contributed by atoms with Crippen molar-refractivity contribution in [2.75, 3.05) is 38.3 Å². The van der Waals surface area contributed by atoms with Gasteiger partial charge in [0, 0.05) is 25.0 Å². The Morgan fingerprint density at radius 1 is 1.22 bits per heavy atom. The predicted octanol–water partition coefficient (Wildman–Crippen LogP) is 1.13. The molecule has 0 aliphatic carbocycles. The number of morpholine rings is 1. The summed E-state index contributed by atoms with van der Waals surface area (Å²) in [6.45, 7) is 3.12. The fourth-order valence-corrected chi connectivity index (χ4v) is 3.28. The van der Waals surface area contributed by atoms with E-state index in [1.54, 1.807) is 12.5 Å². The molecule has 1 aromatic heterocycles. The maximum absolute atomic E-state index is 12.1. The molecule has 1 saturated heterocycles. The van der Waals surface area contributed by atoms with Gasteiger partial charge in [0.2, 0.25) is 0 Å². The molecule has 1 fully saturated rings. The van der Waals surface area contributed by atoms with Crippen LogP contribution in [0.4, 0.5) is 9.93 Å². The Balaban J connectivity index is 1.42. The van der Waals surface area contributed by atoms with Gasteiger partial charge in [-0.3, -0.25) is 10.2 Å². The number of urea groups is 1. The summed E-state index contributed by atoms with van der Waals surface area (Å²) in [5.41, 5.74) is 5.84. The third kappa shape index (κ3) is 5.31. The van der Waals surface area contributed by atoms with Crippen LogP contribution in [0.5, 0.6) is 5.75 Å². The van der Waals surface area contributed by atoms with Crippen molar-refractivity contribution in [1.29, 1.82) is 0 Å². The van der Waals surface area contributed by atoms with E-state index in [0.717, 1.165) is 29.5 Å². The molecule has 10 heteroatoms. The molecule has 0 radical (unpaired) electrons. The summed E-state index contributed by atoms with van der Waals surface area (Å²) in [7, 11) is 1.59. The standard InChI is InChI=1S/C17H21N5O4S/c1-25-13-4-2-12(3-5-13)10-18-16(24)21-20-15(23)14-11-27-17(19-14)22-6-8-26-9-7-22/h2-5,11H,6-10H2,1H3,(H,20,23)(H2,18,21,24). The lowest BCUT2D eigenvalue weighted by Crippen LogP contribution is -2.46. The minimum absolute atomic E-state index is 0.261. The molecule has 144 valence electrons. The highest BCUT2D eigenvalue weighted by atomic mass is 32.1. The number of ether oxygens (including phenoxy) is 2. The Bertz CT molecular complexity index is 774. The second-order valence-electron chi connectivity index (χ2n) is 5.72. The number of rotatable bonds is 5. The van der Waals surface area contributed by atoms with Crippen LogP contribution in [0.2, 0.25) is 0 Å². The molecule has 0 atom stereocenters. The van der Waals surface area contributed by atoms with E-state index < -0.39 is 11.9 Å². The number of benzene rings is 1. The summed E-state index contributed by atoms with van der Waals surface area (Å²) in [5, 5.41) is 5.09. The van der Waals surface area contributed by atoms with Crippen LogP contribution in [0.15, 0.2) is 29.6 Å². The molecule has 1 aromatic carbocycles. The Morgan fingerprint density at radius 3 is 2.67 bits per heavy atom. The molecule has 0 unspecified atom stereocenters. The molecule has 3 N–H and O–H groups in total. The Labute approximate surface area is 160 Å². The summed E-state index contributed by atoms with van der Waals surface area (Å²) in [5.74, 6) is 0.278. The molecule has 1 aliphatic rings. The molecule has 0 spiro atoms. The average Bonchev–Trinajstić information content (AvgIpc) is 3.22. The zero-order valence-electron chi connectivity index (χ0n) is 14.9. The number of amides is 3. The van der Waals surface area contributed by atoms with Crippen molar-refractivity contribution < 1.29 is 19.1 Å². The van der Waals surface area contributed by atoms with Crippen molar-refractivity contribution in [3.63, 3.8) is 0 Å². The van der Waals surface area contributed by atoms with Gasteiger partial charge in [-0.05, 0) is 17.7 Å². The number of hydrogen-bond acceptors (Lipinski definition) is 7. The second-order valence-corrected chi connectivity index (χ2v) is 6.56. The molecular weight excluding hydrogens is 370 g/mol. The van der Waals surface area contributed by atoms with Gasteiger partial charge in [-0.2, -0.15) is 0 Å². The van der Waals surface area contributed by atoms with Crippen LogP contribution >= 0.6 is 11.3 Å². The quantitative estimate of drug-likeness (QED) is 0.660. The van der Waals surface area contributed by atoms with Crippen molar-refractivity contribution in [3.8, 4) is 5.75 Å². The van der Waals surface area contributed by atoms with E-state index in [9.17, 15) is 9.59 Å². The average molecular weight is 391 g/mol. The highest BCUT2D eigenvalue weighted by molar-refractivity contribution is 7.13. The minimum atomic E-state index is -0.511. The summed E-state index contributed by atoms with van der Waals surface area (Å²) < 4.78 is 10.4. The first kappa shape index (κ1) is 18.9. The maximum atomic E-state index is 12.1. The van der Waals surface area contributed by atoms with Crippen molar-refractivity contribution in [1.82, 2.24) is 21.2 Å². The SMILES string of the molecule is COc1ccc(CNC(=O)NNC(=O)c2csc(N3CCOCC3)n2)cc1. The van der Waals surface area contributed by atoms with Crippen molar-refractivity contribution in [2.45, 2.75) is 6.54 Å². The number of carbonyl (C=O) groups excluding carboxylic acids is 2. The van der Waals surface area contributed by atoms with Crippen molar-refractivity contribution in [3.05, 3.63) is 40.9 Å². The number of nitrogens with one attached hydrogen (secondary N) is 3. The van der Waals surface area contributed by atoms with E-state index in [-0.39, 0.29) is 5.69 Å². The molecule has 0 bridgehead atoms. The van der Waals surface area contributed by atoms with Gasteiger partial charge < -0.3 is 19.7 Å². The largest absolute Gasteiger partial charge is 0.497 e. The third-order valence-electron chi connectivity index (χ3n) is 3.91. The van der Waals surface area contributed by atoms with Gasteiger partial charge in [0.1, 0.15) is 11.4 Å². The van der Waals surface area contributed by atoms with Gasteiger partial charge in [0.15, 0.2) is 5.13 Å². The Hall–Kier alpha value is -2.85. The van der Waals surface area contributed by atoms with Crippen molar-refractivity contribution in [2.24, 2.45) is 0 Å². The highest BCUT2D eigenvalue weighted by Gasteiger charge is 2.17. The molecule has 2 aromatic rings. The van der Waals surface area contributed by atoms with Gasteiger partial charge in [-0.1, -0.05) is 12.1 Å². The molecule has 9 nitrogen and oxygen atoms in total. The van der Waals surface area contributed by atoms with E-state index in [1.807, 2.05) is 24.3 Å². The Kier molecular flexibility index (Phi) is 6.44. The fraction of sp³-hybridized carbons (Fsp3) is 0.353. The number of carbonyl (C=O) groups is 2. The number of aromatic nitrogens is 1. The molecule has 1 aliphatic heterocycles. The summed E-state index contributed by atoms with van der Waals surface area (Å²) in [4.78, 5) is 30.3. The number of hydrogen-bond donors (Lipinski definition) is 3. The van der Waals surface area contributed by atoms with Crippen LogP contribution < -0.4 is 25.8 Å². The minimum Gasteiger partial charge on any atom is -0.497 e. The maximum Gasteiger partial charge on any atom is 0.333 e. The highest BCUT2D eigenvalue weighted by Crippen LogP contribution is 2.21. The van der Waals surface area contributed by atoms with Gasteiger partial charge in [0.25, 0.3) is 5.91 Å². The predicted molar refractivity (Wildman–Crippen MR) is 101 cm³/mol. The molecule has 2 heterocycles. The van der Waals surface area contributed by atoms with Gasteiger partial charge >= 0.3 is 6.03 Å². The zero-order valence-corrected chi connectivity index (χ0v) is 15.7. The molecule has 3 amide bonds. The lowest BCUT2D eigenvalue weighted by molar-refractivity contribution is 0.0932. The fourth-order valence-electron chi connectivity index (χ4n) is 2.42. The zero-order chi connectivity index (χ0) is 19.1. The first-order valence-corrected chi connectivity index (χ1v) is 9.29. The topological polar surface area (TPSA) is 105 Å². The number of hydrazine groups is 1. The van der Waals surface area contributed by atoms with Gasteiger partial charge in [-0.15, -0.1) is 11.3 Å². The smallest absolute Gasteiger partial charge is 0.333 e. The Morgan fingerprint density at radius 2 is 1.96 bits per heavy atom. The summed E-state index contributed by atoms with van der Waals surface area (Å²) in [6, 6.07) is 6.80. The summed E-state index contributed by atoms with van der Waals surface area (Å²) in [6.07, 6.45) is 0. The van der Waals surface area contributed by atoms with Gasteiger partial charge in [0.05, 0.1) is 20.3 Å². The molecule has 27 heavy (non-hydrogen) atoms. The normalized spacial score (nSPS) is 13.7. The number of nitrogens with zero attached hydrogens (tertiary/aromatic N) is 2. The van der Waals surface area contributed by atoms with Crippen LogP contribution in [-0.4, -0.2) is 50.3 Å². The van der Waals surface area contributed by atoms with Crippen molar-refractivity contribution >= 4 is 28.4 Å². The monoisotopic (exact) mass is 391 g/mol. The van der Waals surface area contributed by atoms with Gasteiger partial charge in [-0.25, -0.2) is 15.2 Å². The third-order valence-corrected chi connectivity index (χ3v) is 4.81. The van der Waals surface area contributed by atoms with Crippen LogP contribution in [0.3, 0.4) is 0 Å². The number of anilines is 1. The second kappa shape index (κ2) is 9.19. The number of methoxy groups -OCH3 is 1. The first-order valence-electron chi connectivity index (χ1n) is 8.41. The van der Waals surface area contributed by atoms with Crippen LogP contribution in [0.1, 0.15) is 16.1 Å². The van der Waals surface area contributed by atoms with Crippen LogP contribution in [-0.2, 0) is 11.3 Å². The number of thiazole rings is 1. The van der Waals surface area contributed by atoms with Crippen LogP contribution in [0, 0.1) is 0 Å². The lowest BCUT2D eigenvalue weighted by atomic mass is 10.2. The first-order chi connectivity index (χ1) is 13.2. The van der Waals surface area contributed by atoms with E-state index in [1.165, 1.54) is 11.3 Å². The van der Waals surface area contributed by atoms with E-state index in [0.29, 0.717) is 19.8 Å². The van der Waals surface area contributed by atoms with E-state index in [2.05, 4.69) is 26.1 Å². The molecular formula is C17H21N5O4S. The molecule has 0 saturated carbocycles. The van der Waals surface area contributed by atoms with E-state index >= 15 is 0 Å². The lowest BCUT2D eigenvalue weighted by Gasteiger charge is -2.25.